The lowest BCUT2D eigenvalue weighted by Crippen LogP contribution is -2.76. The third-order valence-corrected chi connectivity index (χ3v) is 13.4. The normalized spacial score (nSPS) is 30.7. The quantitative estimate of drug-likeness (QED) is 0.110. The largest absolute Gasteiger partial charge is 0.461 e. The molecule has 5 N–H and O–H groups in total. The maximum Gasteiger partial charge on any atom is 0.408 e. The van der Waals surface area contributed by atoms with Crippen molar-refractivity contribution in [1.82, 2.24) is 15.1 Å². The van der Waals surface area contributed by atoms with E-state index in [4.69, 9.17) is 23.7 Å². The minimum atomic E-state index is -2.14. The van der Waals surface area contributed by atoms with Gasteiger partial charge >= 0.3 is 24.0 Å². The smallest absolute Gasteiger partial charge is 0.408 e. The number of Topliss-reactive ketones (excluding diaryl/α,β-unsaturated/α-hetero) is 1. The second-order valence-electron chi connectivity index (χ2n) is 19.9. The molecular formula is C49H67N3O14. The van der Waals surface area contributed by atoms with Crippen LogP contribution in [0.2, 0.25) is 0 Å². The number of aliphatic hydroxyl groups excluding tert-OH is 2. The lowest BCUT2D eigenvalue weighted by atomic mass is 9.52. The van der Waals surface area contributed by atoms with E-state index in [1.165, 1.54) is 39.8 Å². The first-order valence-corrected chi connectivity index (χ1v) is 22.7. The number of rotatable bonds is 13. The summed E-state index contributed by atoms with van der Waals surface area (Å²) in [6.45, 7) is 14.3. The molecule has 0 aromatic heterocycles. The van der Waals surface area contributed by atoms with Gasteiger partial charge in [-0.05, 0) is 97.3 Å². The highest BCUT2D eigenvalue weighted by atomic mass is 16.6. The molecular weight excluding hydrogens is 855 g/mol. The third-order valence-electron chi connectivity index (χ3n) is 13.4. The number of aliphatic hydroxyl groups is 4. The lowest BCUT2D eigenvalue weighted by Gasteiger charge is -2.62. The minimum absolute atomic E-state index is 0.00356. The van der Waals surface area contributed by atoms with Gasteiger partial charge in [-0.15, -0.1) is 0 Å². The molecule has 17 heteroatoms. The zero-order valence-corrected chi connectivity index (χ0v) is 39.2. The van der Waals surface area contributed by atoms with E-state index < -0.39 is 107 Å². The zero-order valence-electron chi connectivity index (χ0n) is 39.2. The van der Waals surface area contributed by atoms with Crippen LogP contribution in [0.25, 0.3) is 0 Å². The van der Waals surface area contributed by atoms with E-state index >= 15 is 4.79 Å². The van der Waals surface area contributed by atoms with Crippen LogP contribution in [0.3, 0.4) is 0 Å². The summed E-state index contributed by atoms with van der Waals surface area (Å²) in [4.78, 5) is 75.2. The molecule has 66 heavy (non-hydrogen) atoms. The summed E-state index contributed by atoms with van der Waals surface area (Å²) in [6.07, 6.45) is -10.8. The number of ether oxygens (including phenoxy) is 5. The van der Waals surface area contributed by atoms with Crippen LogP contribution in [0, 0.1) is 11.3 Å². The van der Waals surface area contributed by atoms with Crippen LogP contribution in [0.1, 0.15) is 96.1 Å². The number of carbonyl (C=O) groups excluding carboxylic acids is 5. The molecule has 3 fully saturated rings. The van der Waals surface area contributed by atoms with Crippen LogP contribution in [0.15, 0.2) is 71.8 Å². The maximum absolute atomic E-state index is 15.4. The number of ketones is 1. The molecule has 2 aromatic carbocycles. The summed E-state index contributed by atoms with van der Waals surface area (Å²) in [5.74, 6) is -5.18. The first-order chi connectivity index (χ1) is 30.9. The van der Waals surface area contributed by atoms with Crippen molar-refractivity contribution in [3.05, 3.63) is 82.9 Å². The van der Waals surface area contributed by atoms with E-state index in [1.807, 2.05) is 0 Å². The molecule has 2 aliphatic carbocycles. The number of hydrogen-bond donors (Lipinski definition) is 5. The first kappa shape index (κ1) is 50.7. The second-order valence-corrected chi connectivity index (χ2v) is 19.9. The topological polar surface area (TPSA) is 231 Å². The van der Waals surface area contributed by atoms with Crippen LogP contribution >= 0.6 is 0 Å². The molecule has 362 valence electrons. The van der Waals surface area contributed by atoms with Gasteiger partial charge in [0.15, 0.2) is 11.9 Å². The summed E-state index contributed by atoms with van der Waals surface area (Å²) >= 11 is 0. The SMILES string of the molecule is C/C1=C(/C(C)(C)O)[C@@H](O)C(=O)[C@@]2(C)C([C@H](OC(=O)c3ccccc3)C[C@@H]1OC(=O)[C@H](O)[C@@H](NC(=O)OC(C)(C)C)c1ccccc1)[C@]1(O)CO[C@@H]1C[C@@H]2OC(=O)CCCN1CCN(C)CC1. The molecule has 4 aliphatic rings. The molecule has 1 saturated carbocycles. The van der Waals surface area contributed by atoms with Gasteiger partial charge < -0.3 is 59.2 Å². The van der Waals surface area contributed by atoms with Gasteiger partial charge in [0.05, 0.1) is 35.3 Å². The number of nitrogens with zero attached hydrogens (tertiary/aromatic N) is 2. The molecule has 1 unspecified atom stereocenters. The number of carbonyl (C=O) groups is 5. The van der Waals surface area contributed by atoms with Crippen LogP contribution < -0.4 is 5.32 Å². The van der Waals surface area contributed by atoms with Gasteiger partial charge in [0.1, 0.15) is 35.6 Å². The average Bonchev–Trinajstić information content (AvgIpc) is 3.27. The summed E-state index contributed by atoms with van der Waals surface area (Å²) in [5.41, 5.74) is -6.68. The summed E-state index contributed by atoms with van der Waals surface area (Å²) < 4.78 is 29.9. The molecule has 0 spiro atoms. The van der Waals surface area contributed by atoms with Crippen LogP contribution in [-0.2, 0) is 38.1 Å². The molecule has 2 aliphatic heterocycles. The number of nitrogens with one attached hydrogen (secondary N) is 1. The van der Waals surface area contributed by atoms with Gasteiger partial charge in [-0.1, -0.05) is 48.5 Å². The number of hydrogen-bond acceptors (Lipinski definition) is 16. The Hall–Kier alpha value is -4.75. The number of likely N-dealkylation sites (N-methyl/N-ethyl adjacent to an activating group) is 1. The van der Waals surface area contributed by atoms with Crippen molar-refractivity contribution < 1.29 is 68.1 Å². The monoisotopic (exact) mass is 921 g/mol. The van der Waals surface area contributed by atoms with Gasteiger partial charge in [0, 0.05) is 51.4 Å². The van der Waals surface area contributed by atoms with E-state index in [0.29, 0.717) is 18.5 Å². The summed E-state index contributed by atoms with van der Waals surface area (Å²) in [5, 5.41) is 51.1. The van der Waals surface area contributed by atoms with E-state index in [1.54, 1.807) is 69.3 Å². The molecule has 6 rings (SSSR count). The van der Waals surface area contributed by atoms with E-state index in [-0.39, 0.29) is 36.2 Å². The Morgan fingerprint density at radius 3 is 2.12 bits per heavy atom. The minimum Gasteiger partial charge on any atom is -0.461 e. The average molecular weight is 922 g/mol. The van der Waals surface area contributed by atoms with Crippen LogP contribution in [0.5, 0.6) is 0 Å². The Labute approximate surface area is 386 Å². The molecule has 0 bridgehead atoms. The van der Waals surface area contributed by atoms with Crippen molar-refractivity contribution in [3.63, 3.8) is 0 Å². The number of piperazine rings is 1. The van der Waals surface area contributed by atoms with Gasteiger partial charge in [-0.2, -0.15) is 0 Å². The maximum atomic E-state index is 15.4. The van der Waals surface area contributed by atoms with Crippen LogP contribution in [0.4, 0.5) is 4.79 Å². The van der Waals surface area contributed by atoms with E-state index in [9.17, 15) is 39.6 Å². The van der Waals surface area contributed by atoms with Gasteiger partial charge in [-0.3, -0.25) is 9.59 Å². The Morgan fingerprint density at radius 2 is 1.55 bits per heavy atom. The fourth-order valence-electron chi connectivity index (χ4n) is 9.99. The molecule has 10 atom stereocenters. The van der Waals surface area contributed by atoms with Gasteiger partial charge in [0.25, 0.3) is 0 Å². The van der Waals surface area contributed by atoms with Gasteiger partial charge in [-0.25, -0.2) is 14.4 Å². The predicted molar refractivity (Wildman–Crippen MR) is 239 cm³/mol. The fraction of sp³-hybridized carbons (Fsp3) is 0.612. The van der Waals surface area contributed by atoms with E-state index in [2.05, 4.69) is 22.2 Å². The van der Waals surface area contributed by atoms with Crippen molar-refractivity contribution in [2.45, 2.75) is 134 Å². The molecule has 2 saturated heterocycles. The highest BCUT2D eigenvalue weighted by Gasteiger charge is 2.72. The Morgan fingerprint density at radius 1 is 0.924 bits per heavy atom. The molecule has 2 aromatic rings. The fourth-order valence-corrected chi connectivity index (χ4v) is 9.99. The Kier molecular flexibility index (Phi) is 15.5. The molecule has 17 nitrogen and oxygen atoms in total. The van der Waals surface area contributed by atoms with Crippen molar-refractivity contribution in [2.75, 3.05) is 46.4 Å². The molecule has 0 radical (unpaired) electrons. The highest BCUT2D eigenvalue weighted by Crippen LogP contribution is 2.57. The first-order valence-electron chi connectivity index (χ1n) is 22.7. The summed E-state index contributed by atoms with van der Waals surface area (Å²) in [6, 6.07) is 14.7. The number of alkyl carbamates (subject to hydrolysis) is 1. The Balaban J connectivity index is 1.41. The lowest BCUT2D eigenvalue weighted by molar-refractivity contribution is -0.327. The number of fused-ring (bicyclic) bond motifs is 3. The molecule has 2 heterocycles. The summed E-state index contributed by atoms with van der Waals surface area (Å²) in [7, 11) is 2.05. The number of esters is 3. The van der Waals surface area contributed by atoms with Crippen LogP contribution in [-0.4, -0.2) is 160 Å². The number of benzene rings is 2. The third kappa shape index (κ3) is 11.2. The van der Waals surface area contributed by atoms with Crippen molar-refractivity contribution in [2.24, 2.45) is 11.3 Å². The predicted octanol–water partition coefficient (Wildman–Crippen LogP) is 3.27. The van der Waals surface area contributed by atoms with Crippen molar-refractivity contribution in [1.29, 1.82) is 0 Å². The Bertz CT molecular complexity index is 2100. The van der Waals surface area contributed by atoms with E-state index in [0.717, 1.165) is 26.2 Å². The second kappa shape index (κ2) is 20.2. The number of amides is 1. The highest BCUT2D eigenvalue weighted by molar-refractivity contribution is 5.94. The standard InChI is InChI=1S/C49H67N3O14/c1-29-32(63-44(58)40(55)38(30-16-11-9-12-17-30)50-45(59)66-46(2,3)4)26-33(64-43(57)31-18-13-10-14-19-31)41-48(7,42(56)39(54)37(29)47(5,6)60)34(27-35-49(41,61)28-62-35)65-36(53)20-15-21-52-24-22-51(8)23-25-52/h9-14,16-19,32-35,38-41,54-55,60-61H,15,20-28H2,1-8H3,(H,50,59)/b37-29-/t32-,33+,34-,35+,38-,39+,40+,41?,48+,49-/m0/s1. The molecule has 1 amide bonds. The van der Waals surface area contributed by atoms with Gasteiger partial charge in [0.2, 0.25) is 0 Å². The zero-order chi connectivity index (χ0) is 48.4. The van der Waals surface area contributed by atoms with Crippen molar-refractivity contribution >= 4 is 29.8 Å². The van der Waals surface area contributed by atoms with Crippen molar-refractivity contribution in [3.8, 4) is 0 Å².